The second kappa shape index (κ2) is 9.28. The number of hydrogen-bond donors (Lipinski definition) is 1. The number of aromatic nitrogens is 1. The zero-order chi connectivity index (χ0) is 20.1. The molecule has 2 fully saturated rings. The first-order valence-electron chi connectivity index (χ1n) is 10.5. The zero-order valence-corrected chi connectivity index (χ0v) is 17.9. The van der Waals surface area contributed by atoms with Crippen molar-refractivity contribution in [2.75, 3.05) is 38.5 Å². The minimum absolute atomic E-state index is 0.116. The van der Waals surface area contributed by atoms with Gasteiger partial charge in [-0.2, -0.15) is 0 Å². The fourth-order valence-corrected chi connectivity index (χ4v) is 5.41. The van der Waals surface area contributed by atoms with E-state index in [-0.39, 0.29) is 16.8 Å². The molecule has 2 atom stereocenters. The lowest BCUT2D eigenvalue weighted by Crippen LogP contribution is -2.54. The number of carbonyl (C=O) groups excluding carboxylic acids is 1. The zero-order valence-electron chi connectivity index (χ0n) is 17.1. The minimum atomic E-state index is -0.242. The number of thioether (sulfide) groups is 1. The van der Waals surface area contributed by atoms with E-state index in [1.807, 2.05) is 17.2 Å². The fraction of sp³-hybridized carbons (Fsp3) is 0.478. The van der Waals surface area contributed by atoms with Crippen LogP contribution in [0.2, 0.25) is 0 Å². The van der Waals surface area contributed by atoms with E-state index >= 15 is 0 Å². The molecule has 154 valence electrons. The Labute approximate surface area is 177 Å². The van der Waals surface area contributed by atoms with Crippen molar-refractivity contribution in [1.82, 2.24) is 20.1 Å². The molecule has 2 aromatic rings. The summed E-state index contributed by atoms with van der Waals surface area (Å²) in [6, 6.07) is 14.6. The molecule has 3 heterocycles. The molecular formula is C23H30N4OS. The van der Waals surface area contributed by atoms with Gasteiger partial charge in [-0.1, -0.05) is 36.4 Å². The van der Waals surface area contributed by atoms with Crippen molar-refractivity contribution in [1.29, 1.82) is 0 Å². The van der Waals surface area contributed by atoms with Crippen LogP contribution in [-0.4, -0.2) is 65.2 Å². The van der Waals surface area contributed by atoms with Gasteiger partial charge in [0.2, 0.25) is 5.91 Å². The van der Waals surface area contributed by atoms with Crippen molar-refractivity contribution in [3.8, 4) is 0 Å². The molecule has 4 rings (SSSR count). The van der Waals surface area contributed by atoms with Gasteiger partial charge in [0.25, 0.3) is 0 Å². The van der Waals surface area contributed by atoms with Gasteiger partial charge in [0.05, 0.1) is 10.9 Å². The molecule has 2 unspecified atom stereocenters. The highest BCUT2D eigenvalue weighted by molar-refractivity contribution is 8.00. The first kappa shape index (κ1) is 20.4. The number of piperazine rings is 1. The smallest absolute Gasteiger partial charge is 0.240 e. The Morgan fingerprint density at radius 1 is 1.17 bits per heavy atom. The summed E-state index contributed by atoms with van der Waals surface area (Å²) in [6.45, 7) is 6.86. The minimum Gasteiger partial charge on any atom is -0.339 e. The van der Waals surface area contributed by atoms with Crippen LogP contribution >= 0.6 is 11.8 Å². The molecule has 0 saturated carbocycles. The van der Waals surface area contributed by atoms with E-state index in [0.29, 0.717) is 0 Å². The molecule has 2 aliphatic rings. The Balaban J connectivity index is 1.22. The highest BCUT2D eigenvalue weighted by atomic mass is 32.2. The summed E-state index contributed by atoms with van der Waals surface area (Å²) >= 11 is 1.80. The van der Waals surface area contributed by atoms with E-state index in [0.717, 1.165) is 50.5 Å². The topological polar surface area (TPSA) is 48.5 Å². The van der Waals surface area contributed by atoms with Crippen molar-refractivity contribution in [3.63, 3.8) is 0 Å². The van der Waals surface area contributed by atoms with Crippen molar-refractivity contribution in [2.24, 2.45) is 0 Å². The third-order valence-corrected chi connectivity index (χ3v) is 7.40. The van der Waals surface area contributed by atoms with Gasteiger partial charge in [0, 0.05) is 49.9 Å². The van der Waals surface area contributed by atoms with Crippen LogP contribution in [0.3, 0.4) is 0 Å². The summed E-state index contributed by atoms with van der Waals surface area (Å²) in [7, 11) is 0. The van der Waals surface area contributed by atoms with Gasteiger partial charge < -0.3 is 4.90 Å². The van der Waals surface area contributed by atoms with Crippen LogP contribution in [0.1, 0.15) is 24.5 Å². The molecular weight excluding hydrogens is 380 g/mol. The van der Waals surface area contributed by atoms with Crippen LogP contribution in [-0.2, 0) is 16.1 Å². The van der Waals surface area contributed by atoms with Crippen molar-refractivity contribution in [2.45, 2.75) is 30.7 Å². The van der Waals surface area contributed by atoms with Gasteiger partial charge in [0.15, 0.2) is 0 Å². The van der Waals surface area contributed by atoms with E-state index in [2.05, 4.69) is 58.5 Å². The van der Waals surface area contributed by atoms with E-state index in [1.54, 1.807) is 18.0 Å². The lowest BCUT2D eigenvalue weighted by atomic mass is 10.1. The largest absolute Gasteiger partial charge is 0.339 e. The third-order valence-electron chi connectivity index (χ3n) is 5.97. The standard InChI is InChI=1S/C23H30N4OS/c1-23(20-10-5-11-24-17-20)25-21(18-29-23)22(28)27-15-13-26(14-16-27)12-6-9-19-7-3-2-4-8-19/h2-5,7-8,10-11,17,21,25H,6,9,12-16,18H2,1H3. The van der Waals surface area contributed by atoms with Crippen LogP contribution in [0.25, 0.3) is 0 Å². The van der Waals surface area contributed by atoms with E-state index < -0.39 is 0 Å². The molecule has 1 aromatic heterocycles. The molecule has 2 saturated heterocycles. The number of nitrogens with one attached hydrogen (secondary N) is 1. The van der Waals surface area contributed by atoms with E-state index in [1.165, 1.54) is 12.0 Å². The van der Waals surface area contributed by atoms with Crippen LogP contribution in [0.4, 0.5) is 0 Å². The normalized spacial score (nSPS) is 25.3. The molecule has 1 amide bonds. The maximum atomic E-state index is 13.0. The monoisotopic (exact) mass is 410 g/mol. The van der Waals surface area contributed by atoms with Crippen molar-refractivity contribution < 1.29 is 4.79 Å². The van der Waals surface area contributed by atoms with Crippen molar-refractivity contribution >= 4 is 17.7 Å². The van der Waals surface area contributed by atoms with Crippen molar-refractivity contribution in [3.05, 3.63) is 66.0 Å². The number of pyridine rings is 1. The average Bonchev–Trinajstić information content (AvgIpc) is 3.19. The Bertz CT molecular complexity index is 795. The quantitative estimate of drug-likeness (QED) is 0.794. The maximum Gasteiger partial charge on any atom is 0.240 e. The summed E-state index contributed by atoms with van der Waals surface area (Å²) in [4.78, 5) is 21.6. The number of aryl methyl sites for hydroxylation is 1. The molecule has 0 bridgehead atoms. The molecule has 0 spiro atoms. The second-order valence-electron chi connectivity index (χ2n) is 8.04. The van der Waals surface area contributed by atoms with Gasteiger partial charge in [0.1, 0.15) is 0 Å². The summed E-state index contributed by atoms with van der Waals surface area (Å²) < 4.78 is 0. The number of nitrogens with zero attached hydrogens (tertiary/aromatic N) is 3. The molecule has 5 nitrogen and oxygen atoms in total. The average molecular weight is 411 g/mol. The van der Waals surface area contributed by atoms with E-state index in [4.69, 9.17) is 0 Å². The number of benzene rings is 1. The molecule has 0 aliphatic carbocycles. The number of amides is 1. The highest BCUT2D eigenvalue weighted by Gasteiger charge is 2.41. The molecule has 2 aliphatic heterocycles. The lowest BCUT2D eigenvalue weighted by molar-refractivity contribution is -0.134. The first-order valence-corrected chi connectivity index (χ1v) is 11.5. The summed E-state index contributed by atoms with van der Waals surface area (Å²) in [5.41, 5.74) is 2.53. The van der Waals surface area contributed by atoms with Crippen LogP contribution < -0.4 is 5.32 Å². The first-order chi connectivity index (χ1) is 14.1. The van der Waals surface area contributed by atoms with Crippen LogP contribution in [0, 0.1) is 0 Å². The SMILES string of the molecule is CC1(c2cccnc2)NC(C(=O)N2CCN(CCCc3ccccc3)CC2)CS1. The second-order valence-corrected chi connectivity index (χ2v) is 9.48. The summed E-state index contributed by atoms with van der Waals surface area (Å²) in [5.74, 6) is 1.05. The van der Waals surface area contributed by atoms with Gasteiger partial charge in [-0.05, 0) is 37.9 Å². The number of hydrogen-bond acceptors (Lipinski definition) is 5. The third kappa shape index (κ3) is 5.00. The van der Waals surface area contributed by atoms with Gasteiger partial charge in [-0.15, -0.1) is 11.8 Å². The van der Waals surface area contributed by atoms with Gasteiger partial charge in [-0.3, -0.25) is 20.0 Å². The maximum absolute atomic E-state index is 13.0. The predicted molar refractivity (Wildman–Crippen MR) is 119 cm³/mol. The molecule has 0 radical (unpaired) electrons. The highest BCUT2D eigenvalue weighted by Crippen LogP contribution is 2.39. The predicted octanol–water partition coefficient (Wildman–Crippen LogP) is 2.74. The molecule has 6 heteroatoms. The lowest BCUT2D eigenvalue weighted by Gasteiger charge is -2.36. The van der Waals surface area contributed by atoms with Crippen LogP contribution in [0.5, 0.6) is 0 Å². The Morgan fingerprint density at radius 3 is 2.69 bits per heavy atom. The fourth-order valence-electron chi connectivity index (χ4n) is 4.17. The number of rotatable bonds is 6. The molecule has 1 aromatic carbocycles. The number of carbonyl (C=O) groups is 1. The summed E-state index contributed by atoms with van der Waals surface area (Å²) in [5, 5.41) is 3.56. The Kier molecular flexibility index (Phi) is 6.53. The van der Waals surface area contributed by atoms with Gasteiger partial charge in [-0.25, -0.2) is 0 Å². The molecule has 29 heavy (non-hydrogen) atoms. The van der Waals surface area contributed by atoms with E-state index in [9.17, 15) is 4.79 Å². The summed E-state index contributed by atoms with van der Waals surface area (Å²) in [6.07, 6.45) is 5.97. The van der Waals surface area contributed by atoms with Crippen LogP contribution in [0.15, 0.2) is 54.9 Å². The Hall–Kier alpha value is -1.89. The molecule has 1 N–H and O–H groups in total. The van der Waals surface area contributed by atoms with Gasteiger partial charge >= 0.3 is 0 Å². The Morgan fingerprint density at radius 2 is 1.97 bits per heavy atom.